The molecule has 13 heteroatoms. The Kier molecular flexibility index (Phi) is 11.1. The molecule has 0 aromatic heterocycles. The van der Waals surface area contributed by atoms with E-state index in [1.165, 1.54) is 50.6 Å². The van der Waals surface area contributed by atoms with E-state index in [0.29, 0.717) is 0 Å². The van der Waals surface area contributed by atoms with Crippen LogP contribution in [0.1, 0.15) is 31.1 Å². The predicted octanol–water partition coefficient (Wildman–Crippen LogP) is 5.79. The number of hydrogen-bond donors (Lipinski definition) is 0. The molecule has 13 nitrogen and oxygen atoms in total. The fourth-order valence-corrected chi connectivity index (χ4v) is 4.99. The lowest BCUT2D eigenvalue weighted by Crippen LogP contribution is -2.63. The zero-order chi connectivity index (χ0) is 33.9. The van der Waals surface area contributed by atoms with Gasteiger partial charge in [0.1, 0.15) is 6.10 Å². The molecule has 0 saturated carbocycles. The molecule has 0 unspecified atom stereocenters. The number of esters is 3. The molecule has 5 atom stereocenters. The molecule has 1 aliphatic heterocycles. The maximum Gasteiger partial charge on any atom is 0.338 e. The molecule has 1 saturated heterocycles. The normalized spacial score (nSPS) is 19.9. The van der Waals surface area contributed by atoms with Crippen LogP contribution in [-0.4, -0.2) is 69.4 Å². The van der Waals surface area contributed by atoms with Gasteiger partial charge in [-0.05, 0) is 54.1 Å². The third kappa shape index (κ3) is 7.84. The zero-order valence-electron chi connectivity index (χ0n) is 25.9. The van der Waals surface area contributed by atoms with Crippen molar-refractivity contribution in [1.29, 1.82) is 0 Å². The van der Waals surface area contributed by atoms with Gasteiger partial charge >= 0.3 is 17.9 Å². The van der Waals surface area contributed by atoms with Crippen LogP contribution < -0.4 is 14.2 Å². The first-order valence-electron chi connectivity index (χ1n) is 14.8. The number of methoxy groups -OCH3 is 2. The van der Waals surface area contributed by atoms with Gasteiger partial charge in [-0.2, -0.15) is 0 Å². The molecule has 4 aromatic carbocycles. The topological polar surface area (TPSA) is 165 Å². The molecule has 246 valence electrons. The minimum absolute atomic E-state index is 0.0728. The van der Waals surface area contributed by atoms with Crippen LogP contribution in [0.4, 0.5) is 0 Å². The Balaban J connectivity index is 1.63. The first-order valence-corrected chi connectivity index (χ1v) is 14.8. The van der Waals surface area contributed by atoms with Crippen molar-refractivity contribution < 1.29 is 47.5 Å². The molecule has 0 spiro atoms. The molecule has 5 rings (SSSR count). The van der Waals surface area contributed by atoms with Crippen LogP contribution in [0.2, 0.25) is 0 Å². The van der Waals surface area contributed by atoms with Crippen LogP contribution >= 0.6 is 0 Å². The summed E-state index contributed by atoms with van der Waals surface area (Å²) in [5.41, 5.74) is 9.74. The van der Waals surface area contributed by atoms with E-state index in [9.17, 15) is 19.9 Å². The summed E-state index contributed by atoms with van der Waals surface area (Å²) in [4.78, 5) is 43.4. The highest BCUT2D eigenvalue weighted by Gasteiger charge is 2.54. The van der Waals surface area contributed by atoms with Crippen LogP contribution in [0.3, 0.4) is 0 Å². The standard InChI is InChI=1S/C35H31N3O10/c1-42-25-19-12-20-26(43-2)28(25)48-35-31(47-34(41)24-17-10-5-11-18-24)30(46-33(40)23-15-8-4-9-16-23)29(27(44-35)21-37-38-36)45-32(39)22-13-6-3-7-14-22/h3-20,27,29-31,35H,21H2,1-2H3/t27-,29-,30+,31-,35+/m1/s1. The van der Waals surface area contributed by atoms with Crippen molar-refractivity contribution in [3.63, 3.8) is 0 Å². The summed E-state index contributed by atoms with van der Waals surface area (Å²) in [5, 5.41) is 3.65. The Bertz CT molecular complexity index is 1730. The molecule has 0 bridgehead atoms. The number of hydrogen-bond acceptors (Lipinski definition) is 11. The lowest BCUT2D eigenvalue weighted by molar-refractivity contribution is -0.268. The molecule has 48 heavy (non-hydrogen) atoms. The van der Waals surface area contributed by atoms with E-state index in [4.69, 9.17) is 33.2 Å². The Hall–Kier alpha value is -6.04. The van der Waals surface area contributed by atoms with Crippen LogP contribution in [-0.2, 0) is 18.9 Å². The third-order valence-electron chi connectivity index (χ3n) is 7.29. The summed E-state index contributed by atoms with van der Waals surface area (Å²) < 4.78 is 41.5. The molecule has 0 radical (unpaired) electrons. The van der Waals surface area contributed by atoms with Crippen molar-refractivity contribution in [2.75, 3.05) is 20.8 Å². The van der Waals surface area contributed by atoms with E-state index in [0.717, 1.165) is 0 Å². The summed E-state index contributed by atoms with van der Waals surface area (Å²) in [6.07, 6.45) is -7.35. The number of azide groups is 1. The first-order chi connectivity index (χ1) is 23.4. The van der Waals surface area contributed by atoms with Gasteiger partial charge in [-0.25, -0.2) is 14.4 Å². The Morgan fingerprint density at radius 1 is 0.646 bits per heavy atom. The van der Waals surface area contributed by atoms with Crippen molar-refractivity contribution in [3.05, 3.63) is 136 Å². The summed E-state index contributed by atoms with van der Waals surface area (Å²) in [5.74, 6) is -1.87. The van der Waals surface area contributed by atoms with Gasteiger partial charge in [-0.15, -0.1) is 0 Å². The van der Waals surface area contributed by atoms with Crippen LogP contribution in [0.5, 0.6) is 17.2 Å². The Morgan fingerprint density at radius 2 is 1.08 bits per heavy atom. The number of rotatable bonds is 12. The first kappa shape index (κ1) is 33.3. The molecule has 0 aliphatic carbocycles. The molecule has 0 amide bonds. The zero-order valence-corrected chi connectivity index (χ0v) is 25.9. The van der Waals surface area contributed by atoms with E-state index < -0.39 is 48.6 Å². The molecular weight excluding hydrogens is 622 g/mol. The fourth-order valence-electron chi connectivity index (χ4n) is 4.99. The summed E-state index contributed by atoms with van der Waals surface area (Å²) >= 11 is 0. The SMILES string of the molecule is COc1cccc(OC)c1O[C@@H]1O[C@H](CN=[N+]=[N-])[C@@H](OC(=O)c2ccccc2)[C@H](OC(=O)c2ccccc2)[C@H]1OC(=O)c1ccccc1. The highest BCUT2D eigenvalue weighted by atomic mass is 16.7. The maximum absolute atomic E-state index is 13.6. The second kappa shape index (κ2) is 16.0. The van der Waals surface area contributed by atoms with Crippen LogP contribution in [0.25, 0.3) is 10.4 Å². The van der Waals surface area contributed by atoms with Crippen LogP contribution in [0, 0.1) is 0 Å². The molecule has 4 aromatic rings. The van der Waals surface area contributed by atoms with E-state index in [2.05, 4.69) is 10.0 Å². The van der Waals surface area contributed by atoms with Gasteiger partial charge in [0.05, 0.1) is 37.5 Å². The minimum Gasteiger partial charge on any atom is -0.493 e. The predicted molar refractivity (Wildman–Crippen MR) is 170 cm³/mol. The Labute approximate surface area is 275 Å². The smallest absolute Gasteiger partial charge is 0.338 e. The minimum atomic E-state index is -1.56. The molecule has 1 heterocycles. The number of ether oxygens (including phenoxy) is 7. The van der Waals surface area contributed by atoms with E-state index >= 15 is 0 Å². The van der Waals surface area contributed by atoms with Gasteiger partial charge in [0.25, 0.3) is 0 Å². The van der Waals surface area contributed by atoms with Gasteiger partial charge in [0.2, 0.25) is 18.1 Å². The average molecular weight is 654 g/mol. The van der Waals surface area contributed by atoms with Crippen molar-refractivity contribution in [2.45, 2.75) is 30.7 Å². The van der Waals surface area contributed by atoms with Gasteiger partial charge < -0.3 is 33.2 Å². The maximum atomic E-state index is 13.6. The second-order valence-electron chi connectivity index (χ2n) is 10.3. The van der Waals surface area contributed by atoms with Crippen LogP contribution in [0.15, 0.2) is 114 Å². The van der Waals surface area contributed by atoms with Gasteiger partial charge in [-0.1, -0.05) is 65.8 Å². The molecular formula is C35H31N3O10. The van der Waals surface area contributed by atoms with E-state index in [1.807, 2.05) is 0 Å². The van der Waals surface area contributed by atoms with Gasteiger partial charge in [0, 0.05) is 4.91 Å². The number of nitrogens with zero attached hydrogens (tertiary/aromatic N) is 3. The fraction of sp³-hybridized carbons (Fsp3) is 0.229. The molecule has 1 aliphatic rings. The number of carbonyl (C=O) groups is 3. The number of para-hydroxylation sites is 1. The Morgan fingerprint density at radius 3 is 1.52 bits per heavy atom. The molecule has 1 fully saturated rings. The highest BCUT2D eigenvalue weighted by molar-refractivity contribution is 5.91. The summed E-state index contributed by atoms with van der Waals surface area (Å²) in [6.45, 7) is -0.384. The number of benzene rings is 4. The van der Waals surface area contributed by atoms with Gasteiger partial charge in [0.15, 0.2) is 23.7 Å². The third-order valence-corrected chi connectivity index (χ3v) is 7.29. The quantitative estimate of drug-likeness (QED) is 0.0600. The van der Waals surface area contributed by atoms with Gasteiger partial charge in [-0.3, -0.25) is 0 Å². The average Bonchev–Trinajstić information content (AvgIpc) is 3.14. The largest absolute Gasteiger partial charge is 0.493 e. The van der Waals surface area contributed by atoms with Crippen molar-refractivity contribution in [2.24, 2.45) is 5.11 Å². The van der Waals surface area contributed by atoms with E-state index in [1.54, 1.807) is 72.8 Å². The molecule has 0 N–H and O–H groups in total. The lowest BCUT2D eigenvalue weighted by atomic mass is 9.97. The van der Waals surface area contributed by atoms with Crippen molar-refractivity contribution in [3.8, 4) is 17.2 Å². The lowest BCUT2D eigenvalue weighted by Gasteiger charge is -2.44. The highest BCUT2D eigenvalue weighted by Crippen LogP contribution is 2.40. The summed E-state index contributed by atoms with van der Waals surface area (Å²) in [7, 11) is 2.84. The number of carbonyl (C=O) groups excluding carboxylic acids is 3. The van der Waals surface area contributed by atoms with Crippen molar-refractivity contribution in [1.82, 2.24) is 0 Å². The van der Waals surface area contributed by atoms with Crippen molar-refractivity contribution >= 4 is 17.9 Å². The van der Waals surface area contributed by atoms with E-state index in [-0.39, 0.29) is 40.5 Å². The summed E-state index contributed by atoms with van der Waals surface area (Å²) in [6, 6.07) is 29.1. The second-order valence-corrected chi connectivity index (χ2v) is 10.3. The monoisotopic (exact) mass is 653 g/mol.